The average Bonchev–Trinajstić information content (AvgIpc) is 3.19. The zero-order valence-corrected chi connectivity index (χ0v) is 17.0. The van der Waals surface area contributed by atoms with Gasteiger partial charge in [0.05, 0.1) is 38.4 Å². The Morgan fingerprint density at radius 3 is 1.20 bits per heavy atom. The molecule has 0 atom stereocenters. The minimum atomic E-state index is -3.81. The van der Waals surface area contributed by atoms with Gasteiger partial charge in [-0.3, -0.25) is 22.9 Å². The maximum Gasteiger partial charge on any atom is 0.563 e. The highest BCUT2D eigenvalue weighted by Crippen LogP contribution is 2.29. The first kappa shape index (κ1) is 24.5. The molecule has 0 saturated heterocycles. The van der Waals surface area contributed by atoms with Crippen LogP contribution >= 0.6 is 22.9 Å². The van der Waals surface area contributed by atoms with Crippen molar-refractivity contribution in [3.05, 3.63) is 40.5 Å². The first-order valence-electron chi connectivity index (χ1n) is 7.29. The molecule has 2 rings (SSSR count). The highest BCUT2D eigenvalue weighted by Gasteiger charge is 2.50. The standard InChI is InChI=1S/C4BCl2N10O8.C4H12N/c6-5(7,12-3(16(22)23)8-1(10-12)14(18)19)13-4(17(24)25)9-2(11-13)15(20)21;1-5(2,3)4/h;1-4H3/q-1;+1. The summed E-state index contributed by atoms with van der Waals surface area (Å²) in [7, 11) is 8.50. The third-order valence-electron chi connectivity index (χ3n) is 2.45. The normalized spacial score (nSPS) is 11.4. The van der Waals surface area contributed by atoms with E-state index >= 15 is 0 Å². The second-order valence-electron chi connectivity index (χ2n) is 6.61. The van der Waals surface area contributed by atoms with Gasteiger partial charge in [0.25, 0.3) is 0 Å². The van der Waals surface area contributed by atoms with Gasteiger partial charge >= 0.3 is 29.0 Å². The molecule has 164 valence electrons. The molecule has 19 nitrogen and oxygen atoms in total. The SMILES string of the molecule is C[N+](C)(C)C.O=[N+]([O-])c1nc([N+](=O)[O-])n([B-](Cl)(Cl)n2nc([N+](=O)[O-])nc2[N+](=O)[O-])n1. The molecule has 0 radical (unpaired) electrons. The van der Waals surface area contributed by atoms with E-state index in [0.717, 1.165) is 4.48 Å². The smallest absolute Gasteiger partial charge is 0.390 e. The lowest BCUT2D eigenvalue weighted by atomic mass is 10.1. The van der Waals surface area contributed by atoms with Crippen molar-refractivity contribution in [2.24, 2.45) is 0 Å². The Labute approximate surface area is 174 Å². The lowest BCUT2D eigenvalue weighted by Crippen LogP contribution is -2.43. The molecule has 0 aliphatic heterocycles. The number of aromatic nitrogens is 6. The van der Waals surface area contributed by atoms with Crippen LogP contribution in [0.15, 0.2) is 0 Å². The molecule has 30 heavy (non-hydrogen) atoms. The molecule has 0 unspecified atom stereocenters. The topological polar surface area (TPSA) is 234 Å². The summed E-state index contributed by atoms with van der Waals surface area (Å²) in [4.78, 5) is 44.1. The van der Waals surface area contributed by atoms with E-state index in [-0.39, 0.29) is 9.19 Å². The van der Waals surface area contributed by atoms with E-state index in [1.54, 1.807) is 0 Å². The van der Waals surface area contributed by atoms with Gasteiger partial charge in [0, 0.05) is 9.97 Å². The molecule has 0 amide bonds. The number of rotatable bonds is 6. The number of hydrogen-bond acceptors (Lipinski definition) is 12. The van der Waals surface area contributed by atoms with Gasteiger partial charge < -0.3 is 44.9 Å². The minimum Gasteiger partial charge on any atom is -0.390 e. The first-order valence-corrected chi connectivity index (χ1v) is 8.16. The zero-order valence-electron chi connectivity index (χ0n) is 15.5. The maximum absolute atomic E-state index is 10.9. The molecule has 0 aliphatic carbocycles. The quantitative estimate of drug-likeness (QED) is 0.236. The predicted molar refractivity (Wildman–Crippen MR) is 98.9 cm³/mol. The lowest BCUT2D eigenvalue weighted by Gasteiger charge is -2.16. The maximum atomic E-state index is 10.9. The lowest BCUT2D eigenvalue weighted by molar-refractivity contribution is -0.849. The summed E-state index contributed by atoms with van der Waals surface area (Å²) >= 11 is 11.6. The Balaban J connectivity index is 0.000000804. The van der Waals surface area contributed by atoms with Gasteiger partial charge in [-0.15, -0.1) is 0 Å². The van der Waals surface area contributed by atoms with Crippen molar-refractivity contribution in [3.8, 4) is 0 Å². The van der Waals surface area contributed by atoms with Gasteiger partial charge in [-0.2, -0.15) is 9.19 Å². The Bertz CT molecular complexity index is 935. The molecule has 0 fully saturated rings. The number of nitro groups is 4. The van der Waals surface area contributed by atoms with Crippen molar-refractivity contribution in [2.45, 2.75) is 0 Å². The van der Waals surface area contributed by atoms with Crippen LogP contribution in [0.5, 0.6) is 0 Å². The molecule has 0 spiro atoms. The molecule has 0 aliphatic rings. The summed E-state index contributed by atoms with van der Waals surface area (Å²) in [5.41, 5.74) is 0. The molecule has 0 bridgehead atoms. The van der Waals surface area contributed by atoms with Crippen LogP contribution in [-0.2, 0) is 0 Å². The van der Waals surface area contributed by atoms with Gasteiger partial charge in [-0.1, -0.05) is 0 Å². The van der Waals surface area contributed by atoms with Crippen LogP contribution in [0.25, 0.3) is 0 Å². The molecule has 0 saturated carbocycles. The van der Waals surface area contributed by atoms with Crippen molar-refractivity contribution in [2.75, 3.05) is 28.2 Å². The number of halogens is 2. The Morgan fingerprint density at radius 2 is 1.00 bits per heavy atom. The average molecular weight is 472 g/mol. The van der Waals surface area contributed by atoms with E-state index in [1.165, 1.54) is 0 Å². The Morgan fingerprint density at radius 1 is 0.733 bits per heavy atom. The van der Waals surface area contributed by atoms with Crippen molar-refractivity contribution in [3.63, 3.8) is 0 Å². The van der Waals surface area contributed by atoms with Crippen molar-refractivity contribution in [1.82, 2.24) is 29.4 Å². The molecule has 22 heteroatoms. The van der Waals surface area contributed by atoms with E-state index in [4.69, 9.17) is 22.9 Å². The summed E-state index contributed by atoms with van der Waals surface area (Å²) < 4.78 is 0.930. The third-order valence-corrected chi connectivity index (χ3v) is 3.19. The van der Waals surface area contributed by atoms with E-state index in [1.807, 2.05) is 0 Å². The predicted octanol–water partition coefficient (Wildman–Crippen LogP) is 0.134. The van der Waals surface area contributed by atoms with Gasteiger partial charge in [0.2, 0.25) is 0 Å². The van der Waals surface area contributed by atoms with Gasteiger partial charge in [0.1, 0.15) is 0 Å². The number of nitrogens with zero attached hydrogens (tertiary/aromatic N) is 11. The zero-order chi connectivity index (χ0) is 23.6. The van der Waals surface area contributed by atoms with Crippen LogP contribution in [0.3, 0.4) is 0 Å². The fourth-order valence-corrected chi connectivity index (χ4v) is 2.06. The van der Waals surface area contributed by atoms with Crippen molar-refractivity contribution < 1.29 is 24.2 Å². The largest absolute Gasteiger partial charge is 0.563 e. The van der Waals surface area contributed by atoms with Gasteiger partial charge in [0.15, 0.2) is 0 Å². The number of hydrogen-bond donors (Lipinski definition) is 0. The molecule has 2 aromatic heterocycles. The van der Waals surface area contributed by atoms with Crippen LogP contribution in [0.4, 0.5) is 23.8 Å². The monoisotopic (exact) mass is 471 g/mol. The van der Waals surface area contributed by atoms with E-state index in [2.05, 4.69) is 48.4 Å². The van der Waals surface area contributed by atoms with E-state index < -0.39 is 48.7 Å². The van der Waals surface area contributed by atoms with Crippen LogP contribution < -0.4 is 0 Å². The minimum absolute atomic E-state index is 0.0351. The highest BCUT2D eigenvalue weighted by atomic mass is 35.5. The van der Waals surface area contributed by atoms with Crippen molar-refractivity contribution >= 4 is 52.0 Å². The van der Waals surface area contributed by atoms with Crippen LogP contribution in [0.2, 0.25) is 0 Å². The summed E-state index contributed by atoms with van der Waals surface area (Å²) in [6.45, 7) is 0. The summed E-state index contributed by atoms with van der Waals surface area (Å²) in [6, 6.07) is 0. The van der Waals surface area contributed by atoms with Crippen LogP contribution in [0, 0.1) is 40.5 Å². The van der Waals surface area contributed by atoms with Crippen molar-refractivity contribution in [1.29, 1.82) is 0 Å². The van der Waals surface area contributed by atoms with Gasteiger partial charge in [-0.25, -0.2) is 0 Å². The summed E-state index contributed by atoms with van der Waals surface area (Å²) in [6.07, 6.45) is 0. The Kier molecular flexibility index (Phi) is 6.92. The van der Waals surface area contributed by atoms with E-state index in [0.29, 0.717) is 0 Å². The summed E-state index contributed by atoms with van der Waals surface area (Å²) in [5, 5.41) is 45.5. The molecule has 2 aromatic rings. The first-order chi connectivity index (χ1) is 13.5. The van der Waals surface area contributed by atoms with Crippen LogP contribution in [-0.4, -0.2) is 87.0 Å². The fraction of sp³-hybridized carbons (Fsp3) is 0.500. The molecular weight excluding hydrogens is 460 g/mol. The van der Waals surface area contributed by atoms with Crippen LogP contribution in [0.1, 0.15) is 0 Å². The molecule has 2 heterocycles. The van der Waals surface area contributed by atoms with E-state index in [9.17, 15) is 40.5 Å². The summed E-state index contributed by atoms with van der Waals surface area (Å²) in [5.74, 6) is -5.30. The number of quaternary nitrogens is 1. The second-order valence-corrected chi connectivity index (χ2v) is 8.05. The fourth-order valence-electron chi connectivity index (χ4n) is 1.53. The molecule has 0 aromatic carbocycles. The van der Waals surface area contributed by atoms with Gasteiger partial charge in [-0.05, 0) is 19.7 Å². The Hall–Kier alpha value is -3.52. The molecular formula is C8H12BCl2N11O8. The highest BCUT2D eigenvalue weighted by molar-refractivity contribution is 7.43. The third kappa shape index (κ3) is 5.74. The molecule has 0 N–H and O–H groups in total. The second kappa shape index (κ2) is 8.46.